The summed E-state index contributed by atoms with van der Waals surface area (Å²) >= 11 is 0. The van der Waals surface area contributed by atoms with Gasteiger partial charge < -0.3 is 11.5 Å². The molecule has 74 valence electrons. The van der Waals surface area contributed by atoms with Gasteiger partial charge in [-0.25, -0.2) is 0 Å². The molecular formula is C12H16N2. The van der Waals surface area contributed by atoms with Gasteiger partial charge in [-0.05, 0) is 24.5 Å². The third-order valence-corrected chi connectivity index (χ3v) is 3.22. The highest BCUT2D eigenvalue weighted by atomic mass is 14.8. The number of rotatable bonds is 0. The molecule has 2 rings (SSSR count). The molecule has 0 radical (unpaired) electrons. The maximum Gasteiger partial charge on any atom is 0.0448 e. The molecular weight excluding hydrogens is 172 g/mol. The predicted molar refractivity (Wildman–Crippen MR) is 60.6 cm³/mol. The number of fused-ring (bicyclic) bond motifs is 1. The van der Waals surface area contributed by atoms with Gasteiger partial charge in [-0.15, -0.1) is 0 Å². The molecule has 2 unspecified atom stereocenters. The van der Waals surface area contributed by atoms with Gasteiger partial charge in [-0.2, -0.15) is 0 Å². The molecule has 0 amide bonds. The Labute approximate surface area is 84.6 Å². The van der Waals surface area contributed by atoms with E-state index < -0.39 is 0 Å². The normalized spacial score (nSPS) is 30.1. The van der Waals surface area contributed by atoms with Crippen LogP contribution in [0.5, 0.6) is 0 Å². The van der Waals surface area contributed by atoms with Crippen molar-refractivity contribution >= 4 is 11.8 Å². The van der Waals surface area contributed by atoms with E-state index in [-0.39, 0.29) is 5.54 Å². The Balaban J connectivity index is 2.67. The number of benzene rings is 1. The van der Waals surface area contributed by atoms with Crippen molar-refractivity contribution in [2.24, 2.45) is 11.7 Å². The fraction of sp³-hybridized carbons (Fsp3) is 0.333. The van der Waals surface area contributed by atoms with Gasteiger partial charge in [0.15, 0.2) is 0 Å². The van der Waals surface area contributed by atoms with Crippen LogP contribution in [0.3, 0.4) is 0 Å². The first-order valence-corrected chi connectivity index (χ1v) is 4.89. The molecule has 1 aromatic carbocycles. The van der Waals surface area contributed by atoms with Gasteiger partial charge in [0.2, 0.25) is 0 Å². The minimum atomic E-state index is -0.306. The molecule has 1 aliphatic carbocycles. The number of anilines is 1. The van der Waals surface area contributed by atoms with Gasteiger partial charge in [0.25, 0.3) is 0 Å². The van der Waals surface area contributed by atoms with Gasteiger partial charge >= 0.3 is 0 Å². The SMILES string of the molecule is CC1C=Cc2c(N)cccc2C1(C)N. The number of nitrogens with two attached hydrogens (primary N) is 2. The van der Waals surface area contributed by atoms with E-state index in [0.717, 1.165) is 16.8 Å². The van der Waals surface area contributed by atoms with Crippen LogP contribution in [0.25, 0.3) is 6.08 Å². The molecule has 0 aromatic heterocycles. The van der Waals surface area contributed by atoms with Crippen LogP contribution < -0.4 is 11.5 Å². The van der Waals surface area contributed by atoms with Crippen LogP contribution in [0.15, 0.2) is 24.3 Å². The Hall–Kier alpha value is -1.28. The number of hydrogen-bond donors (Lipinski definition) is 2. The number of nitrogen functional groups attached to an aromatic ring is 1. The summed E-state index contributed by atoms with van der Waals surface area (Å²) in [5.41, 5.74) is 14.9. The fourth-order valence-corrected chi connectivity index (χ4v) is 1.92. The Morgan fingerprint density at radius 2 is 2.07 bits per heavy atom. The van der Waals surface area contributed by atoms with E-state index in [1.54, 1.807) is 0 Å². The average molecular weight is 188 g/mol. The molecule has 2 atom stereocenters. The van der Waals surface area contributed by atoms with Crippen molar-refractivity contribution in [1.82, 2.24) is 0 Å². The van der Waals surface area contributed by atoms with Gasteiger partial charge in [-0.3, -0.25) is 0 Å². The highest BCUT2D eigenvalue weighted by molar-refractivity contribution is 5.71. The van der Waals surface area contributed by atoms with E-state index in [0.29, 0.717) is 5.92 Å². The maximum absolute atomic E-state index is 6.30. The second kappa shape index (κ2) is 2.85. The van der Waals surface area contributed by atoms with Gasteiger partial charge in [0.1, 0.15) is 0 Å². The van der Waals surface area contributed by atoms with Crippen LogP contribution in [0, 0.1) is 5.92 Å². The molecule has 1 aromatic rings. The van der Waals surface area contributed by atoms with E-state index in [1.807, 2.05) is 12.1 Å². The van der Waals surface area contributed by atoms with Gasteiger partial charge in [0, 0.05) is 16.8 Å². The number of hydrogen-bond acceptors (Lipinski definition) is 2. The smallest absolute Gasteiger partial charge is 0.0448 e. The Morgan fingerprint density at radius 1 is 1.36 bits per heavy atom. The summed E-state index contributed by atoms with van der Waals surface area (Å²) < 4.78 is 0. The summed E-state index contributed by atoms with van der Waals surface area (Å²) in [7, 11) is 0. The summed E-state index contributed by atoms with van der Waals surface area (Å²) in [6.07, 6.45) is 4.20. The summed E-state index contributed by atoms with van der Waals surface area (Å²) in [5.74, 6) is 0.344. The topological polar surface area (TPSA) is 52.0 Å². The van der Waals surface area contributed by atoms with E-state index in [2.05, 4.69) is 32.1 Å². The van der Waals surface area contributed by atoms with Crippen molar-refractivity contribution in [3.05, 3.63) is 35.4 Å². The van der Waals surface area contributed by atoms with Crippen LogP contribution in [0.1, 0.15) is 25.0 Å². The first-order chi connectivity index (χ1) is 6.53. The lowest BCUT2D eigenvalue weighted by Gasteiger charge is -2.35. The molecule has 14 heavy (non-hydrogen) atoms. The van der Waals surface area contributed by atoms with Crippen molar-refractivity contribution in [2.45, 2.75) is 19.4 Å². The largest absolute Gasteiger partial charge is 0.398 e. The zero-order valence-electron chi connectivity index (χ0n) is 8.62. The van der Waals surface area contributed by atoms with Crippen LogP contribution in [-0.2, 0) is 5.54 Å². The van der Waals surface area contributed by atoms with Gasteiger partial charge in [-0.1, -0.05) is 31.2 Å². The molecule has 2 nitrogen and oxygen atoms in total. The standard InChI is InChI=1S/C12H16N2/c1-8-6-7-9-10(12(8,2)14)4-3-5-11(9)13/h3-8H,13-14H2,1-2H3. The van der Waals surface area contributed by atoms with E-state index in [1.165, 1.54) is 0 Å². The van der Waals surface area contributed by atoms with Gasteiger partial charge in [0.05, 0.1) is 0 Å². The third-order valence-electron chi connectivity index (χ3n) is 3.22. The summed E-state index contributed by atoms with van der Waals surface area (Å²) in [4.78, 5) is 0. The predicted octanol–water partition coefficient (Wildman–Crippen LogP) is 2.11. The summed E-state index contributed by atoms with van der Waals surface area (Å²) in [6.45, 7) is 4.18. The zero-order chi connectivity index (χ0) is 10.3. The van der Waals surface area contributed by atoms with Crippen LogP contribution >= 0.6 is 0 Å². The van der Waals surface area contributed by atoms with Crippen molar-refractivity contribution < 1.29 is 0 Å². The molecule has 1 aliphatic rings. The summed E-state index contributed by atoms with van der Waals surface area (Å²) in [6, 6.07) is 5.94. The minimum Gasteiger partial charge on any atom is -0.398 e. The minimum absolute atomic E-state index is 0.306. The average Bonchev–Trinajstić information content (AvgIpc) is 2.13. The lowest BCUT2D eigenvalue weighted by atomic mass is 9.75. The Morgan fingerprint density at radius 3 is 2.79 bits per heavy atom. The van der Waals surface area contributed by atoms with Crippen LogP contribution in [0.2, 0.25) is 0 Å². The quantitative estimate of drug-likeness (QED) is 0.613. The Kier molecular flexibility index (Phi) is 1.89. The van der Waals surface area contributed by atoms with Crippen LogP contribution in [-0.4, -0.2) is 0 Å². The summed E-state index contributed by atoms with van der Waals surface area (Å²) in [5, 5.41) is 0. The molecule has 0 fully saturated rings. The molecule has 2 heteroatoms. The Bertz CT molecular complexity index is 391. The highest BCUT2D eigenvalue weighted by Crippen LogP contribution is 2.37. The second-order valence-corrected chi connectivity index (χ2v) is 4.24. The van der Waals surface area contributed by atoms with E-state index in [4.69, 9.17) is 11.5 Å². The molecule has 0 heterocycles. The maximum atomic E-state index is 6.30. The lowest BCUT2D eigenvalue weighted by molar-refractivity contribution is 0.381. The van der Waals surface area contributed by atoms with E-state index in [9.17, 15) is 0 Å². The first kappa shape index (κ1) is 9.28. The monoisotopic (exact) mass is 188 g/mol. The molecule has 0 aliphatic heterocycles. The third kappa shape index (κ3) is 1.15. The molecule has 0 saturated carbocycles. The van der Waals surface area contributed by atoms with Crippen molar-refractivity contribution in [3.8, 4) is 0 Å². The second-order valence-electron chi connectivity index (χ2n) is 4.24. The zero-order valence-corrected chi connectivity index (χ0v) is 8.62. The highest BCUT2D eigenvalue weighted by Gasteiger charge is 2.31. The fourth-order valence-electron chi connectivity index (χ4n) is 1.92. The van der Waals surface area contributed by atoms with Crippen molar-refractivity contribution in [3.63, 3.8) is 0 Å². The van der Waals surface area contributed by atoms with Crippen LogP contribution in [0.4, 0.5) is 5.69 Å². The molecule has 4 N–H and O–H groups in total. The molecule has 0 bridgehead atoms. The van der Waals surface area contributed by atoms with E-state index >= 15 is 0 Å². The molecule has 0 spiro atoms. The lowest BCUT2D eigenvalue weighted by Crippen LogP contribution is -2.41. The van der Waals surface area contributed by atoms with Crippen molar-refractivity contribution in [2.75, 3.05) is 5.73 Å². The molecule has 0 saturated heterocycles. The first-order valence-electron chi connectivity index (χ1n) is 4.89. The van der Waals surface area contributed by atoms with Crippen molar-refractivity contribution in [1.29, 1.82) is 0 Å².